The Kier molecular flexibility index (Phi) is 5.94. The highest BCUT2D eigenvalue weighted by Gasteiger charge is 2.02. The molecule has 1 rings (SSSR count). The molecule has 0 aromatic heterocycles. The van der Waals surface area contributed by atoms with Crippen LogP contribution in [0.25, 0.3) is 0 Å². The number of nitrogens with one attached hydrogen (secondary N) is 1. The summed E-state index contributed by atoms with van der Waals surface area (Å²) in [4.78, 5) is 1.03. The normalized spacial score (nSPS) is 10.1. The Balaban J connectivity index is 2.58. The van der Waals surface area contributed by atoms with Crippen LogP contribution in [0.2, 0.25) is 0 Å². The Hall–Kier alpha value is -1.02. The Morgan fingerprint density at radius 2 is 2.31 bits per heavy atom. The molecular weight excluding hydrogens is 220 g/mol. The van der Waals surface area contributed by atoms with Crippen LogP contribution in [0.1, 0.15) is 11.1 Å². The van der Waals surface area contributed by atoms with Crippen LogP contribution in [0.5, 0.6) is 0 Å². The average Bonchev–Trinajstić information content (AvgIpc) is 2.34. The van der Waals surface area contributed by atoms with Crippen LogP contribution < -0.4 is 5.32 Å². The molecule has 0 heterocycles. The van der Waals surface area contributed by atoms with Gasteiger partial charge < -0.3 is 10.1 Å². The van der Waals surface area contributed by atoms with Gasteiger partial charge in [0.1, 0.15) is 6.07 Å². The molecule has 1 aromatic rings. The lowest BCUT2D eigenvalue weighted by Gasteiger charge is -2.06. The van der Waals surface area contributed by atoms with E-state index in [1.54, 1.807) is 18.9 Å². The van der Waals surface area contributed by atoms with Gasteiger partial charge >= 0.3 is 0 Å². The van der Waals surface area contributed by atoms with Crippen LogP contribution in [0, 0.1) is 11.3 Å². The second-order valence-corrected chi connectivity index (χ2v) is 4.16. The highest BCUT2D eigenvalue weighted by Crippen LogP contribution is 2.20. The van der Waals surface area contributed by atoms with Crippen LogP contribution >= 0.6 is 11.8 Å². The van der Waals surface area contributed by atoms with E-state index in [4.69, 9.17) is 10.00 Å². The van der Waals surface area contributed by atoms with Gasteiger partial charge in [0, 0.05) is 25.1 Å². The third kappa shape index (κ3) is 3.86. The van der Waals surface area contributed by atoms with Crippen molar-refractivity contribution in [3.05, 3.63) is 29.3 Å². The monoisotopic (exact) mass is 236 g/mol. The smallest absolute Gasteiger partial charge is 0.100 e. The third-order valence-corrected chi connectivity index (χ3v) is 2.99. The van der Waals surface area contributed by atoms with Gasteiger partial charge in [-0.1, -0.05) is 6.07 Å². The fourth-order valence-electron chi connectivity index (χ4n) is 1.36. The number of nitrogens with zero attached hydrogens (tertiary/aromatic N) is 1. The second kappa shape index (κ2) is 7.29. The Morgan fingerprint density at radius 1 is 1.50 bits per heavy atom. The van der Waals surface area contributed by atoms with Crippen LogP contribution in [-0.2, 0) is 11.3 Å². The highest BCUT2D eigenvalue weighted by molar-refractivity contribution is 7.98. The standard InChI is InChI=1S/C12H16N2OS/c1-15-6-5-14-9-10-3-4-12(16-2)11(7-10)8-13/h3-4,7,14H,5-6,9H2,1-2H3. The zero-order chi connectivity index (χ0) is 11.8. The summed E-state index contributed by atoms with van der Waals surface area (Å²) in [6.07, 6.45) is 1.98. The van der Waals surface area contributed by atoms with Gasteiger partial charge in [-0.3, -0.25) is 0 Å². The maximum absolute atomic E-state index is 8.98. The number of hydrogen-bond acceptors (Lipinski definition) is 4. The van der Waals surface area contributed by atoms with Crippen molar-refractivity contribution in [2.45, 2.75) is 11.4 Å². The first-order valence-electron chi connectivity index (χ1n) is 5.08. The molecule has 86 valence electrons. The zero-order valence-electron chi connectivity index (χ0n) is 9.62. The van der Waals surface area contributed by atoms with E-state index in [9.17, 15) is 0 Å². The van der Waals surface area contributed by atoms with Gasteiger partial charge in [0.05, 0.1) is 12.2 Å². The van der Waals surface area contributed by atoms with E-state index >= 15 is 0 Å². The predicted octanol–water partition coefficient (Wildman–Crippen LogP) is 2.02. The fraction of sp³-hybridized carbons (Fsp3) is 0.417. The van der Waals surface area contributed by atoms with Crippen molar-refractivity contribution in [2.75, 3.05) is 26.5 Å². The number of ether oxygens (including phenoxy) is 1. The van der Waals surface area contributed by atoms with Gasteiger partial charge in [-0.2, -0.15) is 5.26 Å². The molecular formula is C12H16N2OS. The number of thioether (sulfide) groups is 1. The molecule has 0 aliphatic carbocycles. The molecule has 16 heavy (non-hydrogen) atoms. The number of nitriles is 1. The Labute approximate surface area is 101 Å². The molecule has 1 aromatic carbocycles. The van der Waals surface area contributed by atoms with E-state index in [0.29, 0.717) is 6.61 Å². The molecule has 0 aliphatic heterocycles. The summed E-state index contributed by atoms with van der Waals surface area (Å²) < 4.78 is 4.94. The van der Waals surface area contributed by atoms with E-state index in [1.165, 1.54) is 0 Å². The lowest BCUT2D eigenvalue weighted by atomic mass is 10.1. The van der Waals surface area contributed by atoms with Gasteiger partial charge in [0.2, 0.25) is 0 Å². The van der Waals surface area contributed by atoms with Crippen molar-refractivity contribution in [3.63, 3.8) is 0 Å². The summed E-state index contributed by atoms with van der Waals surface area (Å²) in [5.41, 5.74) is 1.88. The Bertz CT molecular complexity index is 374. The quantitative estimate of drug-likeness (QED) is 0.606. The summed E-state index contributed by atoms with van der Waals surface area (Å²) in [6.45, 7) is 2.30. The fourth-order valence-corrected chi connectivity index (χ4v) is 1.89. The van der Waals surface area contributed by atoms with Gasteiger partial charge in [0.15, 0.2) is 0 Å². The van der Waals surface area contributed by atoms with Crippen molar-refractivity contribution < 1.29 is 4.74 Å². The number of benzene rings is 1. The molecule has 0 unspecified atom stereocenters. The van der Waals surface area contributed by atoms with Crippen LogP contribution in [0.15, 0.2) is 23.1 Å². The van der Waals surface area contributed by atoms with E-state index in [1.807, 2.05) is 24.5 Å². The van der Waals surface area contributed by atoms with Gasteiger partial charge in [-0.15, -0.1) is 11.8 Å². The maximum atomic E-state index is 8.98. The first-order chi connectivity index (χ1) is 7.81. The minimum absolute atomic E-state index is 0.702. The minimum Gasteiger partial charge on any atom is -0.383 e. The van der Waals surface area contributed by atoms with Crippen molar-refractivity contribution in [1.82, 2.24) is 5.32 Å². The number of hydrogen-bond donors (Lipinski definition) is 1. The lowest BCUT2D eigenvalue weighted by Crippen LogP contribution is -2.18. The van der Waals surface area contributed by atoms with E-state index in [-0.39, 0.29) is 0 Å². The van der Waals surface area contributed by atoms with Gasteiger partial charge in [-0.25, -0.2) is 0 Å². The molecule has 0 saturated heterocycles. The molecule has 3 nitrogen and oxygen atoms in total. The van der Waals surface area contributed by atoms with Gasteiger partial charge in [0.25, 0.3) is 0 Å². The summed E-state index contributed by atoms with van der Waals surface area (Å²) in [5.74, 6) is 0. The van der Waals surface area contributed by atoms with E-state index in [2.05, 4.69) is 11.4 Å². The van der Waals surface area contributed by atoms with Gasteiger partial charge in [-0.05, 0) is 24.0 Å². The zero-order valence-corrected chi connectivity index (χ0v) is 10.4. The SMILES string of the molecule is COCCNCc1ccc(SC)c(C#N)c1. The van der Waals surface area contributed by atoms with Crippen LogP contribution in [-0.4, -0.2) is 26.5 Å². The summed E-state index contributed by atoms with van der Waals surface area (Å²) in [7, 11) is 1.68. The molecule has 4 heteroatoms. The summed E-state index contributed by atoms with van der Waals surface area (Å²) >= 11 is 1.60. The van der Waals surface area contributed by atoms with Crippen LogP contribution in [0.4, 0.5) is 0 Å². The second-order valence-electron chi connectivity index (χ2n) is 3.32. The molecule has 0 spiro atoms. The first kappa shape index (κ1) is 13.0. The molecule has 0 amide bonds. The van der Waals surface area contributed by atoms with E-state index in [0.717, 1.165) is 29.1 Å². The van der Waals surface area contributed by atoms with Crippen molar-refractivity contribution in [3.8, 4) is 6.07 Å². The maximum Gasteiger partial charge on any atom is 0.100 e. The topological polar surface area (TPSA) is 45.0 Å². The predicted molar refractivity (Wildman–Crippen MR) is 66.5 cm³/mol. The largest absolute Gasteiger partial charge is 0.383 e. The molecule has 0 atom stereocenters. The minimum atomic E-state index is 0.702. The first-order valence-corrected chi connectivity index (χ1v) is 6.31. The van der Waals surface area contributed by atoms with Crippen molar-refractivity contribution in [1.29, 1.82) is 5.26 Å². The highest BCUT2D eigenvalue weighted by atomic mass is 32.2. The average molecular weight is 236 g/mol. The Morgan fingerprint density at radius 3 is 2.94 bits per heavy atom. The molecule has 0 saturated carbocycles. The van der Waals surface area contributed by atoms with E-state index < -0.39 is 0 Å². The molecule has 0 aliphatic rings. The summed E-state index contributed by atoms with van der Waals surface area (Å²) in [6, 6.07) is 8.20. The summed E-state index contributed by atoms with van der Waals surface area (Å²) in [5, 5.41) is 12.2. The molecule has 0 fully saturated rings. The number of rotatable bonds is 6. The molecule has 1 N–H and O–H groups in total. The molecule has 0 bridgehead atoms. The van der Waals surface area contributed by atoms with Crippen molar-refractivity contribution >= 4 is 11.8 Å². The molecule has 0 radical (unpaired) electrons. The van der Waals surface area contributed by atoms with Crippen molar-refractivity contribution in [2.24, 2.45) is 0 Å². The van der Waals surface area contributed by atoms with Crippen LogP contribution in [0.3, 0.4) is 0 Å². The lowest BCUT2D eigenvalue weighted by molar-refractivity contribution is 0.199. The number of methoxy groups -OCH3 is 1. The third-order valence-electron chi connectivity index (χ3n) is 2.20.